The van der Waals surface area contributed by atoms with E-state index in [1.165, 1.54) is 6.20 Å². The maximum Gasteiger partial charge on any atom is 0.308 e. The van der Waals surface area contributed by atoms with E-state index in [-0.39, 0.29) is 34.3 Å². The number of carboxylic acids is 1. The Bertz CT molecular complexity index is 2320. The molecule has 3 aromatic carbocycles. The summed E-state index contributed by atoms with van der Waals surface area (Å²) in [6.45, 7) is 0. The van der Waals surface area contributed by atoms with Gasteiger partial charge in [0.2, 0.25) is 0 Å². The lowest BCUT2D eigenvalue weighted by atomic mass is 9.61. The molecule has 3 aliphatic rings. The van der Waals surface area contributed by atoms with Crippen molar-refractivity contribution in [2.24, 2.45) is 17.8 Å². The van der Waals surface area contributed by atoms with Gasteiger partial charge < -0.3 is 20.0 Å². The molecule has 0 aliphatic heterocycles. The molecule has 53 heavy (non-hydrogen) atoms. The Balaban J connectivity index is 1.31. The molecule has 3 fully saturated rings. The van der Waals surface area contributed by atoms with E-state index in [2.05, 4.69) is 51.3 Å². The first kappa shape index (κ1) is 33.0. The van der Waals surface area contributed by atoms with Gasteiger partial charge in [0.25, 0.3) is 0 Å². The number of aromatic nitrogens is 6. The zero-order valence-corrected chi connectivity index (χ0v) is 29.3. The van der Waals surface area contributed by atoms with Gasteiger partial charge in [-0.15, -0.1) is 0 Å². The Hall–Kier alpha value is -5.87. The standard InChI is InChI=1S/C42H35ClFN7O2/c43-32-23-46-40-36(47-32)30(24-51(40)42(27-11-4-1-5-12-27,28-13-6-2-7-14-28)29-15-8-3-9-16-29)38-49-37(31-17-10-22-45-31)34(44)39(50-38)48-35-26-20-18-25(19-21-26)33(35)41(52)53/h1-17,22-26,33,35,45H,18-21H2,(H,52,53)(H,48,49,50). The third-order valence-corrected chi connectivity index (χ3v) is 11.3. The molecule has 3 N–H and O–H groups in total. The molecule has 4 heterocycles. The van der Waals surface area contributed by atoms with Gasteiger partial charge in [-0.25, -0.2) is 24.3 Å². The number of H-pyrrole nitrogens is 1. The number of fused-ring (bicyclic) bond motifs is 4. The van der Waals surface area contributed by atoms with Gasteiger partial charge in [0.1, 0.15) is 21.9 Å². The fourth-order valence-electron chi connectivity index (χ4n) is 8.83. The second kappa shape index (κ2) is 13.3. The normalized spacial score (nSPS) is 19.7. The zero-order valence-electron chi connectivity index (χ0n) is 28.5. The van der Waals surface area contributed by atoms with E-state index < -0.39 is 29.3 Å². The topological polar surface area (TPSA) is 122 Å². The molecule has 9 nitrogen and oxygen atoms in total. The van der Waals surface area contributed by atoms with Crippen molar-refractivity contribution in [3.8, 4) is 22.8 Å². The Kier molecular flexibility index (Phi) is 8.26. The Morgan fingerprint density at radius 2 is 1.43 bits per heavy atom. The Morgan fingerprint density at radius 1 is 0.830 bits per heavy atom. The second-order valence-corrected chi connectivity index (χ2v) is 14.3. The number of halogens is 2. The fraction of sp³-hybridized carbons (Fsp3) is 0.214. The van der Waals surface area contributed by atoms with E-state index in [0.29, 0.717) is 22.4 Å². The predicted octanol–water partition coefficient (Wildman–Crippen LogP) is 8.82. The van der Waals surface area contributed by atoms with Crippen molar-refractivity contribution in [1.82, 2.24) is 29.5 Å². The first-order valence-corrected chi connectivity index (χ1v) is 18.2. The van der Waals surface area contributed by atoms with Crippen LogP contribution < -0.4 is 5.32 Å². The third kappa shape index (κ3) is 5.47. The number of nitrogens with one attached hydrogen (secondary N) is 2. The van der Waals surface area contributed by atoms with Crippen molar-refractivity contribution in [2.75, 3.05) is 5.32 Å². The molecule has 7 aromatic rings. The summed E-state index contributed by atoms with van der Waals surface area (Å²) in [5.41, 5.74) is 3.89. The summed E-state index contributed by atoms with van der Waals surface area (Å²) in [5, 5.41) is 13.8. The predicted molar refractivity (Wildman–Crippen MR) is 202 cm³/mol. The molecule has 3 aliphatic carbocycles. The number of rotatable bonds is 9. The molecule has 0 spiro atoms. The molecule has 2 unspecified atom stereocenters. The van der Waals surface area contributed by atoms with Gasteiger partial charge in [-0.1, -0.05) is 103 Å². The van der Waals surface area contributed by atoms with Crippen LogP contribution in [0.4, 0.5) is 10.2 Å². The number of anilines is 1. The average molecular weight is 724 g/mol. The molecular weight excluding hydrogens is 689 g/mol. The van der Waals surface area contributed by atoms with E-state index in [1.807, 2.05) is 60.8 Å². The maximum absolute atomic E-state index is 16.7. The van der Waals surface area contributed by atoms with E-state index in [9.17, 15) is 9.90 Å². The minimum atomic E-state index is -0.956. The van der Waals surface area contributed by atoms with E-state index in [1.54, 1.807) is 18.3 Å². The largest absolute Gasteiger partial charge is 0.481 e. The maximum atomic E-state index is 16.7. The van der Waals surface area contributed by atoms with Gasteiger partial charge in [0.15, 0.2) is 23.1 Å². The average Bonchev–Trinajstić information content (AvgIpc) is 3.87. The van der Waals surface area contributed by atoms with Gasteiger partial charge in [-0.2, -0.15) is 0 Å². The van der Waals surface area contributed by atoms with E-state index >= 15 is 4.39 Å². The van der Waals surface area contributed by atoms with Gasteiger partial charge in [-0.05, 0) is 66.3 Å². The van der Waals surface area contributed by atoms with Crippen molar-refractivity contribution < 1.29 is 14.3 Å². The van der Waals surface area contributed by atoms with Crippen LogP contribution in [0.3, 0.4) is 0 Å². The van der Waals surface area contributed by atoms with Gasteiger partial charge in [-0.3, -0.25) is 4.79 Å². The highest BCUT2D eigenvalue weighted by Gasteiger charge is 2.48. The van der Waals surface area contributed by atoms with Crippen LogP contribution in [0.25, 0.3) is 33.9 Å². The first-order valence-electron chi connectivity index (χ1n) is 17.8. The van der Waals surface area contributed by atoms with Crippen molar-refractivity contribution in [3.05, 3.63) is 149 Å². The van der Waals surface area contributed by atoms with Crippen LogP contribution in [0.2, 0.25) is 5.15 Å². The Labute approximate surface area is 310 Å². The van der Waals surface area contributed by atoms with Crippen LogP contribution in [0.5, 0.6) is 0 Å². The number of carbonyl (C=O) groups is 1. The van der Waals surface area contributed by atoms with Crippen LogP contribution in [0.15, 0.2) is 122 Å². The van der Waals surface area contributed by atoms with Crippen molar-refractivity contribution in [1.29, 1.82) is 0 Å². The quantitative estimate of drug-likeness (QED) is 0.127. The summed E-state index contributed by atoms with van der Waals surface area (Å²) in [7, 11) is 0. The fourth-order valence-corrected chi connectivity index (χ4v) is 8.97. The molecule has 3 saturated carbocycles. The molecule has 2 atom stereocenters. The van der Waals surface area contributed by atoms with Gasteiger partial charge >= 0.3 is 5.97 Å². The molecule has 0 radical (unpaired) electrons. The van der Waals surface area contributed by atoms with Crippen LogP contribution in [-0.4, -0.2) is 46.6 Å². The number of hydrogen-bond acceptors (Lipinski definition) is 6. The smallest absolute Gasteiger partial charge is 0.308 e. The number of aliphatic carboxylic acids is 1. The lowest BCUT2D eigenvalue weighted by molar-refractivity contribution is -0.148. The summed E-state index contributed by atoms with van der Waals surface area (Å²) in [5.74, 6) is -1.94. The minimum Gasteiger partial charge on any atom is -0.481 e. The molecule has 10 rings (SSSR count). The van der Waals surface area contributed by atoms with Crippen LogP contribution >= 0.6 is 11.6 Å². The molecule has 0 saturated heterocycles. The van der Waals surface area contributed by atoms with E-state index in [0.717, 1.165) is 42.4 Å². The van der Waals surface area contributed by atoms with Crippen LogP contribution in [-0.2, 0) is 10.3 Å². The third-order valence-electron chi connectivity index (χ3n) is 11.2. The van der Waals surface area contributed by atoms with Crippen LogP contribution in [0.1, 0.15) is 42.4 Å². The van der Waals surface area contributed by atoms with Crippen molar-refractivity contribution >= 4 is 34.6 Å². The van der Waals surface area contributed by atoms with Crippen molar-refractivity contribution in [2.45, 2.75) is 37.3 Å². The summed E-state index contributed by atoms with van der Waals surface area (Å²) in [6, 6.07) is 33.6. The highest BCUT2D eigenvalue weighted by atomic mass is 35.5. The zero-order chi connectivity index (χ0) is 36.1. The van der Waals surface area contributed by atoms with Crippen molar-refractivity contribution in [3.63, 3.8) is 0 Å². The highest BCUT2D eigenvalue weighted by Crippen LogP contribution is 2.48. The first-order chi connectivity index (χ1) is 25.9. The second-order valence-electron chi connectivity index (χ2n) is 13.9. The molecular formula is C42H35ClFN7O2. The van der Waals surface area contributed by atoms with Gasteiger partial charge in [0.05, 0.1) is 23.4 Å². The number of carboxylic acid groups (broad SMARTS) is 1. The summed E-state index contributed by atoms with van der Waals surface area (Å²) < 4.78 is 18.8. The number of hydrogen-bond donors (Lipinski definition) is 3. The van der Waals surface area contributed by atoms with Gasteiger partial charge in [0, 0.05) is 18.4 Å². The highest BCUT2D eigenvalue weighted by molar-refractivity contribution is 6.29. The SMILES string of the molecule is O=C(O)C1C2CCC(CC2)C1Nc1nc(-c2cn(C(c3ccccc3)(c3ccccc3)c3ccccc3)c3ncc(Cl)nc23)nc(-c2ccc[nH]2)c1F. The lowest BCUT2D eigenvalue weighted by Crippen LogP contribution is -2.51. The number of nitrogens with zero attached hydrogens (tertiary/aromatic N) is 5. The lowest BCUT2D eigenvalue weighted by Gasteiger charge is -2.47. The molecule has 264 valence electrons. The summed E-state index contributed by atoms with van der Waals surface area (Å²) in [6.07, 6.45) is 8.63. The number of benzene rings is 3. The summed E-state index contributed by atoms with van der Waals surface area (Å²) in [4.78, 5) is 35.1. The molecule has 2 bridgehead atoms. The minimum absolute atomic E-state index is 0.0275. The van der Waals surface area contributed by atoms with Crippen LogP contribution in [0, 0.1) is 23.6 Å². The molecule has 0 amide bonds. The molecule has 4 aromatic heterocycles. The summed E-state index contributed by atoms with van der Waals surface area (Å²) >= 11 is 6.58. The monoisotopic (exact) mass is 723 g/mol. The number of aromatic amines is 1. The molecule has 11 heteroatoms. The van der Waals surface area contributed by atoms with E-state index in [4.69, 9.17) is 31.5 Å². The Morgan fingerprint density at radius 3 is 2.00 bits per heavy atom.